The van der Waals surface area contributed by atoms with Gasteiger partial charge in [-0.3, -0.25) is 4.79 Å². The van der Waals surface area contributed by atoms with Crippen LogP contribution < -0.4 is 0 Å². The fourth-order valence-corrected chi connectivity index (χ4v) is 2.43. The van der Waals surface area contributed by atoms with Gasteiger partial charge in [-0.25, -0.2) is 0 Å². The molecule has 1 unspecified atom stereocenters. The van der Waals surface area contributed by atoms with Crippen LogP contribution in [0.1, 0.15) is 22.0 Å². The number of hydrogen-bond donors (Lipinski definition) is 1. The number of aliphatic hydroxyl groups is 1. The molecule has 0 saturated heterocycles. The van der Waals surface area contributed by atoms with Gasteiger partial charge in [0.15, 0.2) is 5.78 Å². The zero-order chi connectivity index (χ0) is 15.4. The Kier molecular flexibility index (Phi) is 4.12. The molecule has 1 N–H and O–H groups in total. The molecule has 0 aliphatic heterocycles. The van der Waals surface area contributed by atoms with Gasteiger partial charge in [0, 0.05) is 5.56 Å². The monoisotopic (exact) mass is 288 g/mol. The molecular formula is C20H16O2. The maximum absolute atomic E-state index is 12.5. The van der Waals surface area contributed by atoms with Gasteiger partial charge in [0.25, 0.3) is 0 Å². The highest BCUT2D eigenvalue weighted by molar-refractivity contribution is 6.00. The summed E-state index contributed by atoms with van der Waals surface area (Å²) in [6.45, 7) is 0. The Morgan fingerprint density at radius 2 is 1.32 bits per heavy atom. The Bertz CT molecular complexity index is 764. The molecule has 2 heteroatoms. The van der Waals surface area contributed by atoms with Crippen LogP contribution in [-0.4, -0.2) is 10.9 Å². The number of aliphatic hydroxyl groups excluding tert-OH is 1. The molecule has 3 aromatic rings. The van der Waals surface area contributed by atoms with E-state index in [-0.39, 0.29) is 5.78 Å². The van der Waals surface area contributed by atoms with Gasteiger partial charge >= 0.3 is 0 Å². The molecule has 0 aliphatic carbocycles. The Morgan fingerprint density at radius 3 is 2.00 bits per heavy atom. The second-order valence-corrected chi connectivity index (χ2v) is 5.12. The molecule has 0 fully saturated rings. The average Bonchev–Trinajstić information content (AvgIpc) is 2.62. The van der Waals surface area contributed by atoms with Gasteiger partial charge in [-0.05, 0) is 22.8 Å². The number of carbonyl (C=O) groups is 1. The highest BCUT2D eigenvalue weighted by Gasteiger charge is 2.19. The van der Waals surface area contributed by atoms with E-state index in [4.69, 9.17) is 0 Å². The summed E-state index contributed by atoms with van der Waals surface area (Å²) in [4.78, 5) is 12.5. The van der Waals surface area contributed by atoms with Crippen LogP contribution in [0.2, 0.25) is 0 Å². The second kappa shape index (κ2) is 6.37. The maximum atomic E-state index is 12.5. The SMILES string of the molecule is O=C(c1cccc(-c2ccccc2)c1)C(O)c1ccccc1. The summed E-state index contributed by atoms with van der Waals surface area (Å²) in [6.07, 6.45) is -1.13. The van der Waals surface area contributed by atoms with Gasteiger partial charge in [0.1, 0.15) is 6.10 Å². The van der Waals surface area contributed by atoms with Crippen LogP contribution in [0.4, 0.5) is 0 Å². The fraction of sp³-hybridized carbons (Fsp3) is 0.0500. The highest BCUT2D eigenvalue weighted by Crippen LogP contribution is 2.23. The molecule has 0 saturated carbocycles. The van der Waals surface area contributed by atoms with Crippen molar-refractivity contribution in [3.8, 4) is 11.1 Å². The predicted molar refractivity (Wildman–Crippen MR) is 87.6 cm³/mol. The first-order valence-electron chi connectivity index (χ1n) is 7.18. The van der Waals surface area contributed by atoms with Gasteiger partial charge in [-0.15, -0.1) is 0 Å². The molecule has 2 nitrogen and oxygen atoms in total. The van der Waals surface area contributed by atoms with E-state index in [0.717, 1.165) is 11.1 Å². The van der Waals surface area contributed by atoms with E-state index in [0.29, 0.717) is 11.1 Å². The van der Waals surface area contributed by atoms with E-state index in [1.54, 1.807) is 18.2 Å². The lowest BCUT2D eigenvalue weighted by Crippen LogP contribution is -2.12. The van der Waals surface area contributed by atoms with Gasteiger partial charge in [-0.2, -0.15) is 0 Å². The normalized spacial score (nSPS) is 11.9. The van der Waals surface area contributed by atoms with Crippen molar-refractivity contribution in [2.24, 2.45) is 0 Å². The Hall–Kier alpha value is -2.71. The van der Waals surface area contributed by atoms with Crippen molar-refractivity contribution in [2.45, 2.75) is 6.10 Å². The molecule has 0 heterocycles. The third-order valence-corrected chi connectivity index (χ3v) is 3.62. The summed E-state index contributed by atoms with van der Waals surface area (Å²) in [5, 5.41) is 10.3. The Morgan fingerprint density at radius 1 is 0.727 bits per heavy atom. The first-order chi connectivity index (χ1) is 10.8. The van der Waals surface area contributed by atoms with Crippen molar-refractivity contribution in [1.29, 1.82) is 0 Å². The molecule has 0 spiro atoms. The molecule has 0 aliphatic rings. The third-order valence-electron chi connectivity index (χ3n) is 3.62. The van der Waals surface area contributed by atoms with Gasteiger partial charge in [0.05, 0.1) is 0 Å². The van der Waals surface area contributed by atoms with E-state index in [1.165, 1.54) is 0 Å². The number of ketones is 1. The molecule has 0 amide bonds. The largest absolute Gasteiger partial charge is 0.380 e. The Labute approximate surface area is 129 Å². The fourth-order valence-electron chi connectivity index (χ4n) is 2.43. The standard InChI is InChI=1S/C20H16O2/c21-19(16-10-5-2-6-11-16)20(22)18-13-7-12-17(14-18)15-8-3-1-4-9-15/h1-14,19,21H. The lowest BCUT2D eigenvalue weighted by molar-refractivity contribution is 0.0747. The average molecular weight is 288 g/mol. The summed E-state index contributed by atoms with van der Waals surface area (Å²) in [7, 11) is 0. The highest BCUT2D eigenvalue weighted by atomic mass is 16.3. The number of rotatable bonds is 4. The lowest BCUT2D eigenvalue weighted by Gasteiger charge is -2.11. The number of Topliss-reactive ketones (excluding diaryl/α,β-unsaturated/α-hetero) is 1. The molecule has 108 valence electrons. The van der Waals surface area contributed by atoms with Gasteiger partial charge < -0.3 is 5.11 Å². The maximum Gasteiger partial charge on any atom is 0.195 e. The minimum atomic E-state index is -1.13. The zero-order valence-corrected chi connectivity index (χ0v) is 12.0. The van der Waals surface area contributed by atoms with Crippen molar-refractivity contribution < 1.29 is 9.90 Å². The van der Waals surface area contributed by atoms with E-state index in [9.17, 15) is 9.90 Å². The van der Waals surface area contributed by atoms with E-state index in [2.05, 4.69) is 0 Å². The molecule has 3 rings (SSSR count). The van der Waals surface area contributed by atoms with E-state index < -0.39 is 6.10 Å². The zero-order valence-electron chi connectivity index (χ0n) is 12.0. The summed E-state index contributed by atoms with van der Waals surface area (Å²) in [6, 6.07) is 26.2. The molecule has 22 heavy (non-hydrogen) atoms. The summed E-state index contributed by atoms with van der Waals surface area (Å²) >= 11 is 0. The first-order valence-corrected chi connectivity index (χ1v) is 7.18. The van der Waals surface area contributed by atoms with Gasteiger partial charge in [-0.1, -0.05) is 78.9 Å². The van der Waals surface area contributed by atoms with Crippen molar-refractivity contribution in [1.82, 2.24) is 0 Å². The molecule has 0 aromatic heterocycles. The quantitative estimate of drug-likeness (QED) is 0.728. The van der Waals surface area contributed by atoms with E-state index >= 15 is 0 Å². The summed E-state index contributed by atoms with van der Waals surface area (Å²) < 4.78 is 0. The van der Waals surface area contributed by atoms with Crippen LogP contribution in [0.3, 0.4) is 0 Å². The van der Waals surface area contributed by atoms with Crippen LogP contribution in [0, 0.1) is 0 Å². The van der Waals surface area contributed by atoms with Crippen LogP contribution in [0.5, 0.6) is 0 Å². The van der Waals surface area contributed by atoms with E-state index in [1.807, 2.05) is 66.7 Å². The number of carbonyl (C=O) groups excluding carboxylic acids is 1. The lowest BCUT2D eigenvalue weighted by atomic mass is 9.96. The van der Waals surface area contributed by atoms with Crippen LogP contribution in [-0.2, 0) is 0 Å². The van der Waals surface area contributed by atoms with Crippen LogP contribution in [0.25, 0.3) is 11.1 Å². The molecule has 1 atom stereocenters. The molecule has 0 bridgehead atoms. The van der Waals surface area contributed by atoms with Crippen molar-refractivity contribution in [3.05, 3.63) is 96.1 Å². The van der Waals surface area contributed by atoms with Crippen LogP contribution in [0.15, 0.2) is 84.9 Å². The minimum Gasteiger partial charge on any atom is -0.380 e. The first kappa shape index (κ1) is 14.2. The summed E-state index contributed by atoms with van der Waals surface area (Å²) in [5.74, 6) is -0.288. The molecule has 3 aromatic carbocycles. The minimum absolute atomic E-state index is 0.288. The Balaban J connectivity index is 1.91. The third kappa shape index (κ3) is 2.97. The number of benzene rings is 3. The second-order valence-electron chi connectivity index (χ2n) is 5.12. The van der Waals surface area contributed by atoms with Crippen molar-refractivity contribution in [3.63, 3.8) is 0 Å². The predicted octanol–water partition coefficient (Wildman–Crippen LogP) is 4.27. The van der Waals surface area contributed by atoms with Crippen LogP contribution >= 0.6 is 0 Å². The summed E-state index contributed by atoms with van der Waals surface area (Å²) in [5.41, 5.74) is 3.13. The van der Waals surface area contributed by atoms with Crippen molar-refractivity contribution in [2.75, 3.05) is 0 Å². The van der Waals surface area contributed by atoms with Crippen molar-refractivity contribution >= 4 is 5.78 Å². The topological polar surface area (TPSA) is 37.3 Å². The molecule has 0 radical (unpaired) electrons. The molecular weight excluding hydrogens is 272 g/mol. The number of hydrogen-bond acceptors (Lipinski definition) is 2. The smallest absolute Gasteiger partial charge is 0.195 e. The van der Waals surface area contributed by atoms with Gasteiger partial charge in [0.2, 0.25) is 0 Å².